The molecule has 0 heterocycles. The number of carbonyl (C=O) groups is 1. The number of benzene rings is 1. The molecule has 1 aromatic carbocycles. The van der Waals surface area contributed by atoms with Crippen molar-refractivity contribution in [2.75, 3.05) is 13.6 Å². The van der Waals surface area contributed by atoms with Gasteiger partial charge in [-0.2, -0.15) is 0 Å². The molecule has 94 valence electrons. The SMILES string of the molecule is CCC(CC)c1ccc(C(=O)CNC)cc1F. The van der Waals surface area contributed by atoms with E-state index in [0.717, 1.165) is 18.4 Å². The summed E-state index contributed by atoms with van der Waals surface area (Å²) in [4.78, 5) is 11.6. The first-order valence-corrected chi connectivity index (χ1v) is 6.11. The third-order valence-electron chi connectivity index (χ3n) is 3.09. The average Bonchev–Trinajstić information content (AvgIpc) is 2.32. The fraction of sp³-hybridized carbons (Fsp3) is 0.500. The number of halogens is 1. The molecule has 0 saturated heterocycles. The Morgan fingerprint density at radius 1 is 1.35 bits per heavy atom. The highest BCUT2D eigenvalue weighted by Crippen LogP contribution is 2.26. The molecule has 2 nitrogen and oxygen atoms in total. The maximum absolute atomic E-state index is 13.9. The highest BCUT2D eigenvalue weighted by Gasteiger charge is 2.14. The second kappa shape index (κ2) is 6.50. The predicted octanol–water partition coefficient (Wildman–Crippen LogP) is 3.13. The van der Waals surface area contributed by atoms with E-state index >= 15 is 0 Å². The molecule has 0 aliphatic carbocycles. The molecule has 0 saturated carbocycles. The van der Waals surface area contributed by atoms with Crippen molar-refractivity contribution in [1.29, 1.82) is 0 Å². The summed E-state index contributed by atoms with van der Waals surface area (Å²) in [6, 6.07) is 4.82. The molecular weight excluding hydrogens is 217 g/mol. The van der Waals surface area contributed by atoms with Gasteiger partial charge < -0.3 is 5.32 Å². The van der Waals surface area contributed by atoms with Crippen molar-refractivity contribution in [3.8, 4) is 0 Å². The quantitative estimate of drug-likeness (QED) is 0.770. The van der Waals surface area contributed by atoms with Crippen LogP contribution in [0.15, 0.2) is 18.2 Å². The number of hydrogen-bond donors (Lipinski definition) is 1. The van der Waals surface area contributed by atoms with Gasteiger partial charge in [-0.05, 0) is 37.4 Å². The summed E-state index contributed by atoms with van der Waals surface area (Å²) in [5.74, 6) is -0.105. The molecule has 3 heteroatoms. The Morgan fingerprint density at radius 2 is 2.00 bits per heavy atom. The molecular formula is C14H20FNO. The van der Waals surface area contributed by atoms with Crippen LogP contribution < -0.4 is 5.32 Å². The molecule has 0 bridgehead atoms. The van der Waals surface area contributed by atoms with E-state index in [0.29, 0.717) is 5.56 Å². The Labute approximate surface area is 102 Å². The summed E-state index contributed by atoms with van der Waals surface area (Å²) < 4.78 is 13.9. The minimum absolute atomic E-state index is 0.0810. The monoisotopic (exact) mass is 237 g/mol. The van der Waals surface area contributed by atoms with Gasteiger partial charge in [0.05, 0.1) is 6.54 Å². The summed E-state index contributed by atoms with van der Waals surface area (Å²) in [7, 11) is 1.70. The summed E-state index contributed by atoms with van der Waals surface area (Å²) in [6.45, 7) is 4.34. The molecule has 1 N–H and O–H groups in total. The number of hydrogen-bond acceptors (Lipinski definition) is 2. The van der Waals surface area contributed by atoms with Gasteiger partial charge in [-0.3, -0.25) is 4.79 Å². The first-order valence-electron chi connectivity index (χ1n) is 6.11. The minimum atomic E-state index is -0.263. The van der Waals surface area contributed by atoms with Crippen LogP contribution in [0.2, 0.25) is 0 Å². The molecule has 0 atom stereocenters. The summed E-state index contributed by atoms with van der Waals surface area (Å²) >= 11 is 0. The Hall–Kier alpha value is -1.22. The number of likely N-dealkylation sites (N-methyl/N-ethyl adjacent to an activating group) is 1. The van der Waals surface area contributed by atoms with Crippen molar-refractivity contribution in [2.45, 2.75) is 32.6 Å². The normalized spacial score (nSPS) is 10.9. The first-order chi connectivity index (χ1) is 8.13. The van der Waals surface area contributed by atoms with Crippen molar-refractivity contribution >= 4 is 5.78 Å². The smallest absolute Gasteiger partial charge is 0.176 e. The van der Waals surface area contributed by atoms with Crippen LogP contribution in [0.4, 0.5) is 4.39 Å². The Balaban J connectivity index is 2.97. The zero-order valence-electron chi connectivity index (χ0n) is 10.7. The number of carbonyl (C=O) groups excluding carboxylic acids is 1. The second-order valence-electron chi connectivity index (χ2n) is 4.20. The Bertz CT molecular complexity index is 386. The standard InChI is InChI=1S/C14H20FNO/c1-4-10(5-2)12-7-6-11(8-13(12)15)14(17)9-16-3/h6-8,10,16H,4-5,9H2,1-3H3. The number of nitrogens with one attached hydrogen (secondary N) is 1. The molecule has 0 spiro atoms. The third kappa shape index (κ3) is 3.37. The van der Waals surface area contributed by atoms with Crippen LogP contribution in [-0.2, 0) is 0 Å². The Kier molecular flexibility index (Phi) is 5.29. The van der Waals surface area contributed by atoms with Crippen molar-refractivity contribution < 1.29 is 9.18 Å². The highest BCUT2D eigenvalue weighted by molar-refractivity contribution is 5.97. The van der Waals surface area contributed by atoms with Crippen LogP contribution in [0.5, 0.6) is 0 Å². The molecule has 1 rings (SSSR count). The summed E-state index contributed by atoms with van der Waals surface area (Å²) in [5, 5.41) is 2.77. The van der Waals surface area contributed by atoms with Gasteiger partial charge in [0.15, 0.2) is 5.78 Å². The maximum atomic E-state index is 13.9. The van der Waals surface area contributed by atoms with Gasteiger partial charge in [-0.15, -0.1) is 0 Å². The molecule has 0 unspecified atom stereocenters. The molecule has 17 heavy (non-hydrogen) atoms. The van der Waals surface area contributed by atoms with Crippen LogP contribution in [0.3, 0.4) is 0 Å². The van der Waals surface area contributed by atoms with E-state index in [1.54, 1.807) is 19.2 Å². The van der Waals surface area contributed by atoms with E-state index in [9.17, 15) is 9.18 Å². The molecule has 0 aliphatic rings. The van der Waals surface area contributed by atoms with Crippen LogP contribution in [-0.4, -0.2) is 19.4 Å². The average molecular weight is 237 g/mol. The zero-order valence-corrected chi connectivity index (χ0v) is 10.7. The van der Waals surface area contributed by atoms with Gasteiger partial charge in [0, 0.05) is 5.56 Å². The van der Waals surface area contributed by atoms with Gasteiger partial charge >= 0.3 is 0 Å². The topological polar surface area (TPSA) is 29.1 Å². The van der Waals surface area contributed by atoms with Crippen LogP contribution >= 0.6 is 0 Å². The van der Waals surface area contributed by atoms with Gasteiger partial charge in [-0.25, -0.2) is 4.39 Å². The second-order valence-corrected chi connectivity index (χ2v) is 4.20. The molecule has 0 radical (unpaired) electrons. The maximum Gasteiger partial charge on any atom is 0.176 e. The largest absolute Gasteiger partial charge is 0.313 e. The minimum Gasteiger partial charge on any atom is -0.313 e. The highest BCUT2D eigenvalue weighted by atomic mass is 19.1. The van der Waals surface area contributed by atoms with Crippen molar-refractivity contribution in [3.05, 3.63) is 35.1 Å². The van der Waals surface area contributed by atoms with E-state index < -0.39 is 0 Å². The van der Waals surface area contributed by atoms with E-state index in [1.165, 1.54) is 6.07 Å². The van der Waals surface area contributed by atoms with Crippen LogP contribution in [0, 0.1) is 5.82 Å². The lowest BCUT2D eigenvalue weighted by molar-refractivity contribution is 0.0993. The van der Waals surface area contributed by atoms with Crippen molar-refractivity contribution in [1.82, 2.24) is 5.32 Å². The van der Waals surface area contributed by atoms with Crippen LogP contribution in [0.1, 0.15) is 48.5 Å². The summed E-state index contributed by atoms with van der Waals surface area (Å²) in [5.41, 5.74) is 1.16. The number of Topliss-reactive ketones (excluding diaryl/α,β-unsaturated/α-hetero) is 1. The molecule has 0 aromatic heterocycles. The lowest BCUT2D eigenvalue weighted by Crippen LogP contribution is -2.18. The lowest BCUT2D eigenvalue weighted by Gasteiger charge is -2.14. The lowest BCUT2D eigenvalue weighted by atomic mass is 9.92. The molecule has 0 amide bonds. The number of rotatable bonds is 6. The van der Waals surface area contributed by atoms with Gasteiger partial charge in [0.2, 0.25) is 0 Å². The van der Waals surface area contributed by atoms with E-state index in [2.05, 4.69) is 5.32 Å². The van der Waals surface area contributed by atoms with Gasteiger partial charge in [0.1, 0.15) is 5.82 Å². The van der Waals surface area contributed by atoms with Crippen molar-refractivity contribution in [2.24, 2.45) is 0 Å². The van der Waals surface area contributed by atoms with Crippen molar-refractivity contribution in [3.63, 3.8) is 0 Å². The summed E-state index contributed by atoms with van der Waals surface area (Å²) in [6.07, 6.45) is 1.83. The zero-order chi connectivity index (χ0) is 12.8. The predicted molar refractivity (Wildman–Crippen MR) is 68.0 cm³/mol. The van der Waals surface area contributed by atoms with E-state index in [4.69, 9.17) is 0 Å². The number of ketones is 1. The fourth-order valence-corrected chi connectivity index (χ4v) is 2.02. The fourth-order valence-electron chi connectivity index (χ4n) is 2.02. The van der Waals surface area contributed by atoms with E-state index in [1.807, 2.05) is 13.8 Å². The Morgan fingerprint density at radius 3 is 2.47 bits per heavy atom. The van der Waals surface area contributed by atoms with Gasteiger partial charge in [-0.1, -0.05) is 26.0 Å². The third-order valence-corrected chi connectivity index (χ3v) is 3.09. The first kappa shape index (κ1) is 13.8. The molecule has 0 aliphatic heterocycles. The molecule has 0 fully saturated rings. The van der Waals surface area contributed by atoms with E-state index in [-0.39, 0.29) is 24.1 Å². The molecule has 1 aromatic rings. The van der Waals surface area contributed by atoms with Gasteiger partial charge in [0.25, 0.3) is 0 Å². The van der Waals surface area contributed by atoms with Crippen LogP contribution in [0.25, 0.3) is 0 Å².